The van der Waals surface area contributed by atoms with Crippen molar-refractivity contribution < 1.29 is 4.42 Å². The van der Waals surface area contributed by atoms with Crippen LogP contribution >= 0.6 is 0 Å². The molecular formula is C23H36O. The lowest BCUT2D eigenvalue weighted by atomic mass is 9.86. The van der Waals surface area contributed by atoms with E-state index in [4.69, 9.17) is 4.42 Å². The minimum atomic E-state index is 0.0874. The number of rotatable bonds is 2. The van der Waals surface area contributed by atoms with Crippen molar-refractivity contribution in [3.05, 3.63) is 53.8 Å². The minimum Gasteiger partial charge on any atom is -0.460 e. The van der Waals surface area contributed by atoms with Crippen LogP contribution in [-0.2, 0) is 5.41 Å². The molecule has 0 aliphatic carbocycles. The molecule has 24 heavy (non-hydrogen) atoms. The first-order chi connectivity index (χ1) is 11.3. The summed E-state index contributed by atoms with van der Waals surface area (Å²) in [6.45, 7) is 22.9. The molecule has 0 saturated heterocycles. The maximum atomic E-state index is 6.14. The van der Waals surface area contributed by atoms with Gasteiger partial charge in [-0.25, -0.2) is 0 Å². The molecule has 1 nitrogen and oxygen atoms in total. The molecule has 1 heterocycles. The molecule has 2 rings (SSSR count). The van der Waals surface area contributed by atoms with Gasteiger partial charge in [-0.3, -0.25) is 0 Å². The van der Waals surface area contributed by atoms with Gasteiger partial charge in [0.1, 0.15) is 11.3 Å². The van der Waals surface area contributed by atoms with E-state index >= 15 is 0 Å². The van der Waals surface area contributed by atoms with Gasteiger partial charge in [0.05, 0.1) is 0 Å². The van der Waals surface area contributed by atoms with Gasteiger partial charge in [0.25, 0.3) is 0 Å². The Morgan fingerprint density at radius 3 is 1.96 bits per heavy atom. The van der Waals surface area contributed by atoms with Crippen molar-refractivity contribution in [1.29, 1.82) is 0 Å². The predicted octanol–water partition coefficient (Wildman–Crippen LogP) is 8.11. The van der Waals surface area contributed by atoms with Crippen LogP contribution in [0.2, 0.25) is 0 Å². The van der Waals surface area contributed by atoms with E-state index in [0.717, 1.165) is 16.9 Å². The summed E-state index contributed by atoms with van der Waals surface area (Å²) < 4.78 is 6.14. The van der Waals surface area contributed by atoms with E-state index in [-0.39, 0.29) is 5.41 Å². The standard InChI is InChI=1S/C17H22O.C4H8.C2H6/c1-7-12-13-9-8-10-14(17(4,5)6)16(13)18-15(12)11(2)3;1-3-4-2;1-2/h7-11H,1H2,2-6H3;3-4H,1-2H3;1-2H3/b;4-3-;. The highest BCUT2D eigenvalue weighted by molar-refractivity contribution is 5.91. The molecule has 0 radical (unpaired) electrons. The summed E-state index contributed by atoms with van der Waals surface area (Å²) in [4.78, 5) is 0. The van der Waals surface area contributed by atoms with Gasteiger partial charge in [0.15, 0.2) is 0 Å². The van der Waals surface area contributed by atoms with Crippen LogP contribution in [0.4, 0.5) is 0 Å². The largest absolute Gasteiger partial charge is 0.460 e. The second-order valence-electron chi connectivity index (χ2n) is 6.84. The van der Waals surface area contributed by atoms with E-state index in [1.807, 2.05) is 45.9 Å². The molecule has 0 unspecified atom stereocenters. The molecule has 0 saturated carbocycles. The van der Waals surface area contributed by atoms with Crippen molar-refractivity contribution in [3.8, 4) is 0 Å². The molecule has 0 fully saturated rings. The zero-order valence-corrected chi connectivity index (χ0v) is 17.2. The average Bonchev–Trinajstić information content (AvgIpc) is 2.94. The van der Waals surface area contributed by atoms with Crippen LogP contribution in [0, 0.1) is 0 Å². The molecule has 2 aromatic rings. The van der Waals surface area contributed by atoms with Gasteiger partial charge in [0, 0.05) is 22.4 Å². The molecule has 0 bridgehead atoms. The molecule has 1 aromatic carbocycles. The van der Waals surface area contributed by atoms with Gasteiger partial charge in [-0.1, -0.05) is 91.5 Å². The second kappa shape index (κ2) is 10.2. The molecule has 0 aliphatic rings. The third kappa shape index (κ3) is 5.40. The van der Waals surface area contributed by atoms with Crippen molar-refractivity contribution in [2.45, 2.75) is 73.6 Å². The third-order valence-electron chi connectivity index (χ3n) is 3.65. The first kappa shape index (κ1) is 22.2. The van der Waals surface area contributed by atoms with E-state index in [1.54, 1.807) is 0 Å². The minimum absolute atomic E-state index is 0.0874. The molecule has 0 atom stereocenters. The molecule has 0 N–H and O–H groups in total. The summed E-state index contributed by atoms with van der Waals surface area (Å²) >= 11 is 0. The zero-order chi connectivity index (χ0) is 18.9. The van der Waals surface area contributed by atoms with Gasteiger partial charge in [-0.05, 0) is 19.3 Å². The molecule has 0 amide bonds. The lowest BCUT2D eigenvalue weighted by molar-refractivity contribution is 0.504. The molecule has 134 valence electrons. The lowest BCUT2D eigenvalue weighted by Crippen LogP contribution is -2.10. The predicted molar refractivity (Wildman–Crippen MR) is 111 cm³/mol. The normalized spacial score (nSPS) is 11.1. The Kier molecular flexibility index (Phi) is 9.43. The number of benzene rings is 1. The Bertz CT molecular complexity index is 644. The fourth-order valence-electron chi connectivity index (χ4n) is 2.39. The van der Waals surface area contributed by atoms with E-state index in [9.17, 15) is 0 Å². The summed E-state index contributed by atoms with van der Waals surface area (Å²) in [6.07, 6.45) is 5.91. The van der Waals surface area contributed by atoms with E-state index in [1.165, 1.54) is 10.9 Å². The van der Waals surface area contributed by atoms with Gasteiger partial charge in [0.2, 0.25) is 0 Å². The van der Waals surface area contributed by atoms with Crippen molar-refractivity contribution in [3.63, 3.8) is 0 Å². The van der Waals surface area contributed by atoms with Gasteiger partial charge in [-0.2, -0.15) is 0 Å². The number of hydrogen-bond donors (Lipinski definition) is 0. The van der Waals surface area contributed by atoms with Crippen molar-refractivity contribution in [2.24, 2.45) is 0 Å². The number of hydrogen-bond acceptors (Lipinski definition) is 1. The molecular weight excluding hydrogens is 292 g/mol. The number of fused-ring (bicyclic) bond motifs is 1. The van der Waals surface area contributed by atoms with Crippen LogP contribution in [-0.4, -0.2) is 0 Å². The Morgan fingerprint density at radius 2 is 1.58 bits per heavy atom. The Balaban J connectivity index is 0.000000773. The number of furan rings is 1. The van der Waals surface area contributed by atoms with Crippen LogP contribution in [0.25, 0.3) is 17.0 Å². The summed E-state index contributed by atoms with van der Waals surface area (Å²) in [6, 6.07) is 6.38. The summed E-state index contributed by atoms with van der Waals surface area (Å²) in [5, 5.41) is 1.18. The van der Waals surface area contributed by atoms with Crippen molar-refractivity contribution in [1.82, 2.24) is 0 Å². The Labute approximate surface area is 149 Å². The monoisotopic (exact) mass is 328 g/mol. The number of allylic oxidation sites excluding steroid dienone is 2. The number of para-hydroxylation sites is 1. The van der Waals surface area contributed by atoms with E-state index in [0.29, 0.717) is 5.92 Å². The zero-order valence-electron chi connectivity index (χ0n) is 17.2. The van der Waals surface area contributed by atoms with Crippen LogP contribution in [0.3, 0.4) is 0 Å². The van der Waals surface area contributed by atoms with E-state index < -0.39 is 0 Å². The molecule has 1 heteroatoms. The summed E-state index contributed by atoms with van der Waals surface area (Å²) in [7, 11) is 0. The fraction of sp³-hybridized carbons (Fsp3) is 0.478. The SMILES string of the molecule is C/C=C\C.C=Cc1c(C(C)C)oc2c(C(C)(C)C)cccc12.CC. The molecule has 0 aliphatic heterocycles. The smallest absolute Gasteiger partial charge is 0.138 e. The third-order valence-corrected chi connectivity index (χ3v) is 3.65. The topological polar surface area (TPSA) is 13.1 Å². The molecule has 1 aromatic heterocycles. The van der Waals surface area contributed by atoms with Crippen molar-refractivity contribution >= 4 is 17.0 Å². The van der Waals surface area contributed by atoms with Crippen LogP contribution < -0.4 is 0 Å². The maximum absolute atomic E-state index is 6.14. The summed E-state index contributed by atoms with van der Waals surface area (Å²) in [5.41, 5.74) is 3.51. The highest BCUT2D eigenvalue weighted by Crippen LogP contribution is 2.37. The van der Waals surface area contributed by atoms with Gasteiger partial charge in [-0.15, -0.1) is 0 Å². The van der Waals surface area contributed by atoms with Crippen LogP contribution in [0.15, 0.2) is 41.3 Å². The highest BCUT2D eigenvalue weighted by Gasteiger charge is 2.22. The first-order valence-corrected chi connectivity index (χ1v) is 9.03. The van der Waals surface area contributed by atoms with Crippen LogP contribution in [0.1, 0.15) is 85.1 Å². The second-order valence-corrected chi connectivity index (χ2v) is 6.84. The van der Waals surface area contributed by atoms with Crippen LogP contribution in [0.5, 0.6) is 0 Å². The van der Waals surface area contributed by atoms with E-state index in [2.05, 4.69) is 59.4 Å². The maximum Gasteiger partial charge on any atom is 0.138 e. The first-order valence-electron chi connectivity index (χ1n) is 9.03. The average molecular weight is 329 g/mol. The highest BCUT2D eigenvalue weighted by atomic mass is 16.3. The molecule has 0 spiro atoms. The quantitative estimate of drug-likeness (QED) is 0.507. The lowest BCUT2D eigenvalue weighted by Gasteiger charge is -2.18. The Hall–Kier alpha value is -1.76. The summed E-state index contributed by atoms with van der Waals surface area (Å²) in [5.74, 6) is 1.41. The van der Waals surface area contributed by atoms with Gasteiger partial charge < -0.3 is 4.42 Å². The fourth-order valence-corrected chi connectivity index (χ4v) is 2.39. The van der Waals surface area contributed by atoms with Crippen molar-refractivity contribution in [2.75, 3.05) is 0 Å². The Morgan fingerprint density at radius 1 is 1.04 bits per heavy atom. The van der Waals surface area contributed by atoms with Gasteiger partial charge >= 0.3 is 0 Å².